The topological polar surface area (TPSA) is 80.6 Å². The molecule has 0 aliphatic carbocycles. The quantitative estimate of drug-likeness (QED) is 0.626. The van der Waals surface area contributed by atoms with E-state index in [4.69, 9.17) is 20.5 Å². The zero-order chi connectivity index (χ0) is 17.4. The van der Waals surface area contributed by atoms with E-state index in [1.165, 1.54) is 0 Å². The van der Waals surface area contributed by atoms with Crippen molar-refractivity contribution in [2.24, 2.45) is 0 Å². The van der Waals surface area contributed by atoms with Gasteiger partial charge in [0.05, 0.1) is 12.7 Å². The second kappa shape index (κ2) is 7.99. The van der Waals surface area contributed by atoms with Crippen LogP contribution in [-0.4, -0.2) is 7.11 Å². The van der Waals surface area contributed by atoms with Gasteiger partial charge in [-0.25, -0.2) is 0 Å². The van der Waals surface area contributed by atoms with Crippen LogP contribution in [0.5, 0.6) is 5.75 Å². The van der Waals surface area contributed by atoms with Crippen LogP contribution in [0.4, 0.5) is 0 Å². The van der Waals surface area contributed by atoms with Gasteiger partial charge >= 0.3 is 0 Å². The average molecular weight is 311 g/mol. The summed E-state index contributed by atoms with van der Waals surface area (Å²) in [4.78, 5) is 0. The largest absolute Gasteiger partial charge is 0.497 e. The lowest BCUT2D eigenvalue weighted by atomic mass is 10.0. The van der Waals surface area contributed by atoms with Crippen LogP contribution < -0.4 is 4.74 Å². The molecule has 0 saturated carbocycles. The van der Waals surface area contributed by atoms with Crippen LogP contribution in [-0.2, 0) is 0 Å². The van der Waals surface area contributed by atoms with E-state index in [2.05, 4.69) is 0 Å². The van der Waals surface area contributed by atoms with Gasteiger partial charge in [0.1, 0.15) is 29.5 Å². The monoisotopic (exact) mass is 311 g/mol. The molecule has 4 nitrogen and oxygen atoms in total. The van der Waals surface area contributed by atoms with Crippen molar-refractivity contribution in [3.63, 3.8) is 0 Å². The fourth-order valence-electron chi connectivity index (χ4n) is 2.07. The van der Waals surface area contributed by atoms with Crippen molar-refractivity contribution < 1.29 is 4.74 Å². The van der Waals surface area contributed by atoms with Gasteiger partial charge < -0.3 is 4.74 Å². The highest BCUT2D eigenvalue weighted by molar-refractivity contribution is 5.84. The Morgan fingerprint density at radius 3 is 1.71 bits per heavy atom. The second-order valence-corrected chi connectivity index (χ2v) is 4.81. The SMILES string of the molecule is COc1ccc(/C=C/c2ccc(C(C#N)=C(C#N)C#N)cc2)cc1. The number of hydrogen-bond acceptors (Lipinski definition) is 4. The minimum Gasteiger partial charge on any atom is -0.497 e. The van der Waals surface area contributed by atoms with Gasteiger partial charge in [0.15, 0.2) is 0 Å². The molecule has 0 spiro atoms. The van der Waals surface area contributed by atoms with Gasteiger partial charge in [-0.15, -0.1) is 0 Å². The van der Waals surface area contributed by atoms with Crippen molar-refractivity contribution in [1.29, 1.82) is 15.8 Å². The number of nitriles is 3. The molecule has 24 heavy (non-hydrogen) atoms. The van der Waals surface area contributed by atoms with E-state index >= 15 is 0 Å². The van der Waals surface area contributed by atoms with E-state index in [1.54, 1.807) is 31.4 Å². The van der Waals surface area contributed by atoms with Gasteiger partial charge in [-0.3, -0.25) is 0 Å². The number of methoxy groups -OCH3 is 1. The van der Waals surface area contributed by atoms with Crippen molar-refractivity contribution in [3.05, 3.63) is 70.8 Å². The molecule has 0 heterocycles. The number of ether oxygens (including phenoxy) is 1. The first-order chi connectivity index (χ1) is 11.7. The molecule has 0 unspecified atom stereocenters. The summed E-state index contributed by atoms with van der Waals surface area (Å²) in [6.45, 7) is 0. The summed E-state index contributed by atoms with van der Waals surface area (Å²) in [6.07, 6.45) is 3.91. The normalized spacial score (nSPS) is 9.58. The first-order valence-corrected chi connectivity index (χ1v) is 7.09. The summed E-state index contributed by atoms with van der Waals surface area (Å²) in [5.41, 5.74) is 2.44. The van der Waals surface area contributed by atoms with E-state index in [-0.39, 0.29) is 11.1 Å². The highest BCUT2D eigenvalue weighted by atomic mass is 16.5. The number of hydrogen-bond donors (Lipinski definition) is 0. The lowest BCUT2D eigenvalue weighted by Gasteiger charge is -2.01. The first kappa shape index (κ1) is 16.6. The third kappa shape index (κ3) is 3.89. The molecule has 0 saturated heterocycles. The minimum absolute atomic E-state index is 0.0886. The highest BCUT2D eigenvalue weighted by Crippen LogP contribution is 2.19. The van der Waals surface area contributed by atoms with Gasteiger partial charge in [0, 0.05) is 0 Å². The summed E-state index contributed by atoms with van der Waals surface area (Å²) in [6, 6.07) is 20.2. The van der Waals surface area contributed by atoms with Gasteiger partial charge in [-0.1, -0.05) is 48.6 Å². The van der Waals surface area contributed by atoms with Crippen LogP contribution in [0.3, 0.4) is 0 Å². The Morgan fingerprint density at radius 2 is 1.29 bits per heavy atom. The van der Waals surface area contributed by atoms with Gasteiger partial charge in [0.25, 0.3) is 0 Å². The van der Waals surface area contributed by atoms with E-state index in [0.717, 1.165) is 16.9 Å². The lowest BCUT2D eigenvalue weighted by molar-refractivity contribution is 0.415. The predicted molar refractivity (Wildman–Crippen MR) is 92.1 cm³/mol. The molecule has 0 aromatic heterocycles. The lowest BCUT2D eigenvalue weighted by Crippen LogP contribution is -1.87. The fraction of sp³-hybridized carbons (Fsp3) is 0.0500. The molecule has 2 aromatic carbocycles. The molecule has 4 heteroatoms. The third-order valence-electron chi connectivity index (χ3n) is 3.37. The Morgan fingerprint density at radius 1 is 0.792 bits per heavy atom. The van der Waals surface area contributed by atoms with Crippen LogP contribution in [0.1, 0.15) is 16.7 Å². The molecule has 0 amide bonds. The maximum atomic E-state index is 9.14. The standard InChI is InChI=1S/C20H13N3O/c1-24-19-10-6-16(7-11-19)3-2-15-4-8-17(9-5-15)20(14-23)18(12-21)13-22/h2-11H,1H3/b3-2+. The maximum absolute atomic E-state index is 9.14. The Bertz CT molecular complexity index is 884. The molecule has 0 bridgehead atoms. The van der Waals surface area contributed by atoms with Crippen LogP contribution in [0, 0.1) is 34.0 Å². The van der Waals surface area contributed by atoms with Gasteiger partial charge in [0.2, 0.25) is 0 Å². The molecular formula is C20H13N3O. The van der Waals surface area contributed by atoms with Crippen molar-refractivity contribution in [1.82, 2.24) is 0 Å². The van der Waals surface area contributed by atoms with Crippen molar-refractivity contribution >= 4 is 17.7 Å². The van der Waals surface area contributed by atoms with Crippen molar-refractivity contribution in [3.8, 4) is 24.0 Å². The fourth-order valence-corrected chi connectivity index (χ4v) is 2.07. The van der Waals surface area contributed by atoms with E-state index in [1.807, 2.05) is 54.6 Å². The summed E-state index contributed by atoms with van der Waals surface area (Å²) in [7, 11) is 1.63. The Kier molecular flexibility index (Phi) is 5.51. The zero-order valence-corrected chi connectivity index (χ0v) is 13.0. The Labute approximate surface area is 140 Å². The van der Waals surface area contributed by atoms with Crippen LogP contribution in [0.25, 0.3) is 17.7 Å². The summed E-state index contributed by atoms with van der Waals surface area (Å²) in [5.74, 6) is 0.804. The number of rotatable bonds is 4. The predicted octanol–water partition coefficient (Wildman–Crippen LogP) is 4.19. The first-order valence-electron chi connectivity index (χ1n) is 7.09. The Hall–Kier alpha value is -3.81. The molecule has 2 rings (SSSR count). The van der Waals surface area contributed by atoms with Crippen LogP contribution >= 0.6 is 0 Å². The van der Waals surface area contributed by atoms with E-state index in [9.17, 15) is 0 Å². The number of allylic oxidation sites excluding steroid dienone is 2. The average Bonchev–Trinajstić information content (AvgIpc) is 2.65. The molecule has 114 valence electrons. The maximum Gasteiger partial charge on any atom is 0.148 e. The molecule has 0 N–H and O–H groups in total. The zero-order valence-electron chi connectivity index (χ0n) is 13.0. The van der Waals surface area contributed by atoms with Crippen LogP contribution in [0.15, 0.2) is 54.1 Å². The second-order valence-electron chi connectivity index (χ2n) is 4.81. The molecular weight excluding hydrogens is 298 g/mol. The summed E-state index contributed by atoms with van der Waals surface area (Å²) < 4.78 is 5.12. The molecule has 0 fully saturated rings. The smallest absolute Gasteiger partial charge is 0.148 e. The van der Waals surface area contributed by atoms with Crippen molar-refractivity contribution in [2.75, 3.05) is 7.11 Å². The highest BCUT2D eigenvalue weighted by Gasteiger charge is 2.08. The van der Waals surface area contributed by atoms with E-state index < -0.39 is 0 Å². The number of nitrogens with zero attached hydrogens (tertiary/aromatic N) is 3. The van der Waals surface area contributed by atoms with E-state index in [0.29, 0.717) is 5.56 Å². The Balaban J connectivity index is 2.22. The van der Waals surface area contributed by atoms with Gasteiger partial charge in [-0.05, 0) is 28.8 Å². The molecule has 0 atom stereocenters. The minimum atomic E-state index is -0.181. The molecule has 0 radical (unpaired) electrons. The third-order valence-corrected chi connectivity index (χ3v) is 3.37. The van der Waals surface area contributed by atoms with Gasteiger partial charge in [-0.2, -0.15) is 15.8 Å². The number of benzene rings is 2. The molecule has 0 aliphatic rings. The summed E-state index contributed by atoms with van der Waals surface area (Å²) >= 11 is 0. The summed E-state index contributed by atoms with van der Waals surface area (Å²) in [5, 5.41) is 26.9. The van der Waals surface area contributed by atoms with Crippen molar-refractivity contribution in [2.45, 2.75) is 0 Å². The molecule has 0 aliphatic heterocycles. The van der Waals surface area contributed by atoms with Crippen LogP contribution in [0.2, 0.25) is 0 Å². The molecule has 2 aromatic rings.